The molecule has 0 spiro atoms. The van der Waals surface area contributed by atoms with Gasteiger partial charge in [-0.1, -0.05) is 30.3 Å². The van der Waals surface area contributed by atoms with Crippen molar-refractivity contribution in [2.75, 3.05) is 0 Å². The van der Waals surface area contributed by atoms with E-state index >= 15 is 0 Å². The molecule has 0 radical (unpaired) electrons. The van der Waals surface area contributed by atoms with Crippen molar-refractivity contribution in [3.8, 4) is 0 Å². The minimum absolute atomic E-state index is 0.0865. The number of amides is 2. The summed E-state index contributed by atoms with van der Waals surface area (Å²) in [6.07, 6.45) is -1.35. The lowest BCUT2D eigenvalue weighted by Crippen LogP contribution is -2.51. The summed E-state index contributed by atoms with van der Waals surface area (Å²) in [7, 11) is 0. The maximum Gasteiger partial charge on any atom is 0.414 e. The zero-order chi connectivity index (χ0) is 16.8. The van der Waals surface area contributed by atoms with Crippen LogP contribution in [0, 0.1) is 0 Å². The molecule has 0 saturated carbocycles. The van der Waals surface area contributed by atoms with E-state index in [1.165, 1.54) is 0 Å². The van der Waals surface area contributed by atoms with Crippen LogP contribution in [0.25, 0.3) is 0 Å². The standard InChI is InChI=1S/C16H24N2O4/c1-11(22-16(2,3)4)13(17)14(19)18-15(20)21-10-12-8-6-5-7-9-12/h5-9,11,13H,10,17H2,1-4H3,(H,18,19,20)/t11-,13+/m0/s1. The molecule has 0 heterocycles. The number of rotatable bonds is 5. The van der Waals surface area contributed by atoms with Gasteiger partial charge in [0.05, 0.1) is 11.7 Å². The maximum absolute atomic E-state index is 11.9. The predicted molar refractivity (Wildman–Crippen MR) is 83.0 cm³/mol. The molecule has 0 aliphatic carbocycles. The number of nitrogens with one attached hydrogen (secondary N) is 1. The second kappa shape index (κ2) is 7.91. The average Bonchev–Trinajstić information content (AvgIpc) is 2.43. The number of carbonyl (C=O) groups excluding carboxylic acids is 2. The van der Waals surface area contributed by atoms with Crippen molar-refractivity contribution in [1.29, 1.82) is 0 Å². The Labute approximate surface area is 131 Å². The van der Waals surface area contributed by atoms with Crippen molar-refractivity contribution < 1.29 is 19.1 Å². The van der Waals surface area contributed by atoms with Crippen molar-refractivity contribution in [3.63, 3.8) is 0 Å². The molecule has 2 atom stereocenters. The quantitative estimate of drug-likeness (QED) is 0.868. The van der Waals surface area contributed by atoms with Gasteiger partial charge in [0.15, 0.2) is 0 Å². The molecule has 22 heavy (non-hydrogen) atoms. The summed E-state index contributed by atoms with van der Waals surface area (Å²) in [5.74, 6) is -0.630. The smallest absolute Gasteiger partial charge is 0.414 e. The molecule has 1 aromatic carbocycles. The van der Waals surface area contributed by atoms with Crippen LogP contribution in [0.15, 0.2) is 30.3 Å². The monoisotopic (exact) mass is 308 g/mol. The molecule has 3 N–H and O–H groups in total. The molecule has 0 unspecified atom stereocenters. The number of alkyl carbamates (subject to hydrolysis) is 1. The number of ether oxygens (including phenoxy) is 2. The van der Waals surface area contributed by atoms with Crippen LogP contribution in [-0.4, -0.2) is 29.7 Å². The third-order valence-electron chi connectivity index (χ3n) is 2.79. The molecule has 1 aromatic rings. The van der Waals surface area contributed by atoms with E-state index in [4.69, 9.17) is 15.2 Å². The second-order valence-electron chi connectivity index (χ2n) is 6.01. The van der Waals surface area contributed by atoms with Crippen molar-refractivity contribution in [2.24, 2.45) is 5.73 Å². The third kappa shape index (κ3) is 6.69. The van der Waals surface area contributed by atoms with Gasteiger partial charge in [-0.3, -0.25) is 10.1 Å². The summed E-state index contributed by atoms with van der Waals surface area (Å²) in [6, 6.07) is 8.22. The number of nitrogens with two attached hydrogens (primary N) is 1. The van der Waals surface area contributed by atoms with E-state index in [1.54, 1.807) is 6.92 Å². The van der Waals surface area contributed by atoms with Crippen LogP contribution >= 0.6 is 0 Å². The summed E-state index contributed by atoms with van der Waals surface area (Å²) in [6.45, 7) is 7.36. The molecule has 0 aliphatic rings. The number of carbonyl (C=O) groups is 2. The average molecular weight is 308 g/mol. The van der Waals surface area contributed by atoms with Gasteiger partial charge in [0.1, 0.15) is 12.6 Å². The normalized spacial score (nSPS) is 14.0. The second-order valence-corrected chi connectivity index (χ2v) is 6.01. The Bertz CT molecular complexity index is 497. The van der Waals surface area contributed by atoms with Gasteiger partial charge in [-0.25, -0.2) is 4.79 Å². The fraction of sp³-hybridized carbons (Fsp3) is 0.500. The molecule has 0 saturated heterocycles. The van der Waals surface area contributed by atoms with Gasteiger partial charge in [-0.15, -0.1) is 0 Å². The first-order valence-corrected chi connectivity index (χ1v) is 7.14. The molecule has 6 heteroatoms. The fourth-order valence-corrected chi connectivity index (χ4v) is 1.79. The number of hydrogen-bond donors (Lipinski definition) is 2. The first-order valence-electron chi connectivity index (χ1n) is 7.14. The Hall–Kier alpha value is -1.92. The first kappa shape index (κ1) is 18.1. The summed E-state index contributed by atoms with van der Waals surface area (Å²) >= 11 is 0. The van der Waals surface area contributed by atoms with E-state index in [2.05, 4.69) is 5.32 Å². The molecule has 1 rings (SSSR count). The van der Waals surface area contributed by atoms with Gasteiger partial charge >= 0.3 is 6.09 Å². The topological polar surface area (TPSA) is 90.6 Å². The Balaban J connectivity index is 2.41. The highest BCUT2D eigenvalue weighted by atomic mass is 16.5. The van der Waals surface area contributed by atoms with Gasteiger partial charge in [0.2, 0.25) is 5.91 Å². The number of hydrogen-bond acceptors (Lipinski definition) is 5. The van der Waals surface area contributed by atoms with Gasteiger partial charge in [0.25, 0.3) is 0 Å². The maximum atomic E-state index is 11.9. The minimum atomic E-state index is -0.955. The molecule has 0 fully saturated rings. The highest BCUT2D eigenvalue weighted by Gasteiger charge is 2.27. The summed E-state index contributed by atoms with van der Waals surface area (Å²) in [5, 5.41) is 2.11. The molecule has 0 aliphatic heterocycles. The Kier molecular flexibility index (Phi) is 6.52. The van der Waals surface area contributed by atoms with E-state index in [9.17, 15) is 9.59 Å². The van der Waals surface area contributed by atoms with E-state index in [0.717, 1.165) is 5.56 Å². The predicted octanol–water partition coefficient (Wildman–Crippen LogP) is 1.97. The van der Waals surface area contributed by atoms with Crippen LogP contribution in [0.4, 0.5) is 4.79 Å². The first-order chi connectivity index (χ1) is 10.2. The third-order valence-corrected chi connectivity index (χ3v) is 2.79. The number of benzene rings is 1. The molecule has 122 valence electrons. The summed E-state index contributed by atoms with van der Waals surface area (Å²) in [5.41, 5.74) is 6.19. The van der Waals surface area contributed by atoms with Crippen LogP contribution in [0.5, 0.6) is 0 Å². The van der Waals surface area contributed by atoms with Crippen LogP contribution in [-0.2, 0) is 20.9 Å². The molecular formula is C16H24N2O4. The lowest BCUT2D eigenvalue weighted by atomic mass is 10.1. The van der Waals surface area contributed by atoms with Crippen molar-refractivity contribution in [2.45, 2.75) is 52.0 Å². The van der Waals surface area contributed by atoms with Crippen LogP contribution in [0.1, 0.15) is 33.3 Å². The van der Waals surface area contributed by atoms with Crippen molar-refractivity contribution in [1.82, 2.24) is 5.32 Å². The van der Waals surface area contributed by atoms with E-state index in [1.807, 2.05) is 51.1 Å². The largest absolute Gasteiger partial charge is 0.444 e. The van der Waals surface area contributed by atoms with Gasteiger partial charge < -0.3 is 15.2 Å². The highest BCUT2D eigenvalue weighted by Crippen LogP contribution is 2.12. The lowest BCUT2D eigenvalue weighted by molar-refractivity contribution is -0.128. The summed E-state index contributed by atoms with van der Waals surface area (Å²) in [4.78, 5) is 23.5. The molecule has 0 aromatic heterocycles. The molecule has 0 bridgehead atoms. The Morgan fingerprint density at radius 3 is 2.36 bits per heavy atom. The molecule has 2 amide bonds. The van der Waals surface area contributed by atoms with Gasteiger partial charge in [-0.2, -0.15) is 0 Å². The van der Waals surface area contributed by atoms with Crippen LogP contribution in [0.2, 0.25) is 0 Å². The highest BCUT2D eigenvalue weighted by molar-refractivity contribution is 5.95. The van der Waals surface area contributed by atoms with Crippen molar-refractivity contribution >= 4 is 12.0 Å². The molecular weight excluding hydrogens is 284 g/mol. The zero-order valence-electron chi connectivity index (χ0n) is 13.5. The number of imide groups is 1. The Morgan fingerprint density at radius 2 is 1.82 bits per heavy atom. The molecule has 6 nitrogen and oxygen atoms in total. The van der Waals surface area contributed by atoms with Gasteiger partial charge in [-0.05, 0) is 33.3 Å². The fourth-order valence-electron chi connectivity index (χ4n) is 1.79. The van der Waals surface area contributed by atoms with Crippen LogP contribution in [0.3, 0.4) is 0 Å². The zero-order valence-corrected chi connectivity index (χ0v) is 13.5. The summed E-state index contributed by atoms with van der Waals surface area (Å²) < 4.78 is 10.6. The van der Waals surface area contributed by atoms with Crippen molar-refractivity contribution in [3.05, 3.63) is 35.9 Å². The van der Waals surface area contributed by atoms with Gasteiger partial charge in [0, 0.05) is 0 Å². The Morgan fingerprint density at radius 1 is 1.23 bits per heavy atom. The van der Waals surface area contributed by atoms with E-state index in [-0.39, 0.29) is 6.61 Å². The SMILES string of the molecule is C[C@H](OC(C)(C)C)[C@@H](N)C(=O)NC(=O)OCc1ccccc1. The van der Waals surface area contributed by atoms with Crippen LogP contribution < -0.4 is 11.1 Å². The lowest BCUT2D eigenvalue weighted by Gasteiger charge is -2.28. The van der Waals surface area contributed by atoms with E-state index in [0.29, 0.717) is 0 Å². The minimum Gasteiger partial charge on any atom is -0.444 e. The van der Waals surface area contributed by atoms with E-state index < -0.39 is 29.7 Å².